The summed E-state index contributed by atoms with van der Waals surface area (Å²) in [5, 5.41) is 0. The predicted octanol–water partition coefficient (Wildman–Crippen LogP) is 2.15. The van der Waals surface area contributed by atoms with Crippen molar-refractivity contribution in [1.29, 1.82) is 0 Å². The summed E-state index contributed by atoms with van der Waals surface area (Å²) in [5.74, 6) is 0.127. The van der Waals surface area contributed by atoms with Crippen molar-refractivity contribution >= 4 is 5.97 Å². The number of ether oxygens (including phenoxy) is 2. The van der Waals surface area contributed by atoms with E-state index in [1.165, 1.54) is 0 Å². The van der Waals surface area contributed by atoms with Crippen molar-refractivity contribution in [3.8, 4) is 0 Å². The smallest absolute Gasteiger partial charge is 0.335 e. The van der Waals surface area contributed by atoms with Crippen molar-refractivity contribution in [3.63, 3.8) is 0 Å². The van der Waals surface area contributed by atoms with Crippen LogP contribution in [0.25, 0.3) is 0 Å². The Labute approximate surface area is 95.4 Å². The zero-order chi connectivity index (χ0) is 11.4. The van der Waals surface area contributed by atoms with Gasteiger partial charge in [0.15, 0.2) is 6.10 Å². The van der Waals surface area contributed by atoms with Gasteiger partial charge in [-0.05, 0) is 24.3 Å². The molecule has 16 heavy (non-hydrogen) atoms. The summed E-state index contributed by atoms with van der Waals surface area (Å²) >= 11 is 0. The molecule has 1 atom stereocenters. The summed E-state index contributed by atoms with van der Waals surface area (Å²) in [5.41, 5.74) is 1.00. The second kappa shape index (κ2) is 5.12. The molecule has 0 N–H and O–H groups in total. The van der Waals surface area contributed by atoms with Crippen LogP contribution in [0.5, 0.6) is 0 Å². The Hall–Kier alpha value is -1.35. The van der Waals surface area contributed by atoms with Crippen LogP contribution in [0.2, 0.25) is 0 Å². The van der Waals surface area contributed by atoms with E-state index in [0.29, 0.717) is 12.5 Å². The van der Waals surface area contributed by atoms with Crippen LogP contribution in [0.4, 0.5) is 0 Å². The highest BCUT2D eigenvalue weighted by Gasteiger charge is 2.37. The van der Waals surface area contributed by atoms with E-state index in [-0.39, 0.29) is 12.1 Å². The Morgan fingerprint density at radius 2 is 2.06 bits per heavy atom. The summed E-state index contributed by atoms with van der Waals surface area (Å²) in [6, 6.07) is 9.67. The quantitative estimate of drug-likeness (QED) is 0.713. The minimum absolute atomic E-state index is 0.242. The molecule has 1 saturated carbocycles. The Balaban J connectivity index is 1.83. The number of hydrogen-bond donors (Lipinski definition) is 0. The van der Waals surface area contributed by atoms with Crippen molar-refractivity contribution in [2.45, 2.75) is 25.6 Å². The first kappa shape index (κ1) is 11.1. The van der Waals surface area contributed by atoms with Crippen LogP contribution in [0.1, 0.15) is 18.4 Å². The van der Waals surface area contributed by atoms with E-state index in [9.17, 15) is 4.79 Å². The number of benzene rings is 1. The maximum Gasteiger partial charge on any atom is 0.335 e. The fraction of sp³-hybridized carbons (Fsp3) is 0.462. The third-order valence-electron chi connectivity index (χ3n) is 2.76. The van der Waals surface area contributed by atoms with Crippen LogP contribution >= 0.6 is 0 Å². The van der Waals surface area contributed by atoms with E-state index in [1.54, 1.807) is 7.11 Å². The number of methoxy groups -OCH3 is 1. The first-order valence-corrected chi connectivity index (χ1v) is 5.54. The largest absolute Gasteiger partial charge is 0.459 e. The maximum absolute atomic E-state index is 11.7. The number of carbonyl (C=O) groups excluding carboxylic acids is 1. The minimum Gasteiger partial charge on any atom is -0.459 e. The number of rotatable bonds is 5. The van der Waals surface area contributed by atoms with Crippen molar-refractivity contribution in [1.82, 2.24) is 0 Å². The zero-order valence-electron chi connectivity index (χ0n) is 9.39. The summed E-state index contributed by atoms with van der Waals surface area (Å²) in [6.07, 6.45) is 1.77. The molecule has 0 saturated heterocycles. The first-order valence-electron chi connectivity index (χ1n) is 5.54. The Morgan fingerprint density at radius 1 is 1.38 bits per heavy atom. The molecule has 3 heteroatoms. The molecule has 1 fully saturated rings. The van der Waals surface area contributed by atoms with Gasteiger partial charge in [-0.25, -0.2) is 4.79 Å². The van der Waals surface area contributed by atoms with Crippen LogP contribution in [-0.2, 0) is 20.9 Å². The average Bonchev–Trinajstić information content (AvgIpc) is 3.13. The minimum atomic E-state index is -0.372. The molecule has 0 aliphatic heterocycles. The SMILES string of the molecule is COC(C(=O)OCc1ccccc1)C1CC1. The highest BCUT2D eigenvalue weighted by molar-refractivity contribution is 5.75. The van der Waals surface area contributed by atoms with E-state index < -0.39 is 0 Å². The van der Waals surface area contributed by atoms with E-state index in [1.807, 2.05) is 30.3 Å². The number of carbonyl (C=O) groups is 1. The second-order valence-corrected chi connectivity index (χ2v) is 4.09. The molecular formula is C13H16O3. The standard InChI is InChI=1S/C13H16O3/c1-15-12(11-7-8-11)13(14)16-9-10-5-3-2-4-6-10/h2-6,11-12H,7-9H2,1H3. The molecular weight excluding hydrogens is 204 g/mol. The Morgan fingerprint density at radius 3 is 2.62 bits per heavy atom. The third-order valence-corrected chi connectivity index (χ3v) is 2.76. The molecule has 1 unspecified atom stereocenters. The van der Waals surface area contributed by atoms with E-state index in [2.05, 4.69) is 0 Å². The second-order valence-electron chi connectivity index (χ2n) is 4.09. The molecule has 1 aliphatic carbocycles. The van der Waals surface area contributed by atoms with Gasteiger partial charge < -0.3 is 9.47 Å². The molecule has 0 heterocycles. The maximum atomic E-state index is 11.7. The van der Waals surface area contributed by atoms with Gasteiger partial charge in [-0.15, -0.1) is 0 Å². The molecule has 86 valence electrons. The van der Waals surface area contributed by atoms with Crippen molar-refractivity contribution < 1.29 is 14.3 Å². The fourth-order valence-electron chi connectivity index (χ4n) is 1.69. The monoisotopic (exact) mass is 220 g/mol. The Bertz CT molecular complexity index is 343. The lowest BCUT2D eigenvalue weighted by Crippen LogP contribution is -2.27. The molecule has 1 aromatic rings. The molecule has 0 bridgehead atoms. The van der Waals surface area contributed by atoms with Gasteiger partial charge in [-0.3, -0.25) is 0 Å². The first-order chi connectivity index (χ1) is 7.81. The van der Waals surface area contributed by atoms with Crippen molar-refractivity contribution in [3.05, 3.63) is 35.9 Å². The Kier molecular flexibility index (Phi) is 3.57. The van der Waals surface area contributed by atoms with Crippen LogP contribution in [0.3, 0.4) is 0 Å². The lowest BCUT2D eigenvalue weighted by atomic mass is 10.2. The van der Waals surface area contributed by atoms with Gasteiger partial charge in [-0.1, -0.05) is 30.3 Å². The molecule has 0 amide bonds. The van der Waals surface area contributed by atoms with Gasteiger partial charge in [-0.2, -0.15) is 0 Å². The van der Waals surface area contributed by atoms with Gasteiger partial charge in [0.1, 0.15) is 6.61 Å². The van der Waals surface area contributed by atoms with Gasteiger partial charge in [0.2, 0.25) is 0 Å². The zero-order valence-corrected chi connectivity index (χ0v) is 9.39. The fourth-order valence-corrected chi connectivity index (χ4v) is 1.69. The van der Waals surface area contributed by atoms with Crippen LogP contribution in [-0.4, -0.2) is 19.2 Å². The highest BCUT2D eigenvalue weighted by Crippen LogP contribution is 2.34. The topological polar surface area (TPSA) is 35.5 Å². The molecule has 0 aromatic heterocycles. The lowest BCUT2D eigenvalue weighted by molar-refractivity contribution is -0.158. The number of hydrogen-bond acceptors (Lipinski definition) is 3. The lowest BCUT2D eigenvalue weighted by Gasteiger charge is -2.13. The summed E-state index contributed by atoms with van der Waals surface area (Å²) in [6.45, 7) is 0.326. The highest BCUT2D eigenvalue weighted by atomic mass is 16.6. The van der Waals surface area contributed by atoms with E-state index in [4.69, 9.17) is 9.47 Å². The van der Waals surface area contributed by atoms with Crippen molar-refractivity contribution in [2.24, 2.45) is 5.92 Å². The molecule has 0 radical (unpaired) electrons. The summed E-state index contributed by atoms with van der Waals surface area (Å²) in [4.78, 5) is 11.7. The number of esters is 1. The summed E-state index contributed by atoms with van der Waals surface area (Å²) < 4.78 is 10.4. The van der Waals surface area contributed by atoms with Crippen LogP contribution in [0, 0.1) is 5.92 Å². The van der Waals surface area contributed by atoms with Gasteiger partial charge >= 0.3 is 5.97 Å². The van der Waals surface area contributed by atoms with Gasteiger partial charge in [0.25, 0.3) is 0 Å². The van der Waals surface area contributed by atoms with E-state index >= 15 is 0 Å². The molecule has 1 aromatic carbocycles. The molecule has 2 rings (SSSR count). The van der Waals surface area contributed by atoms with Gasteiger partial charge in [0, 0.05) is 7.11 Å². The average molecular weight is 220 g/mol. The van der Waals surface area contributed by atoms with Crippen LogP contribution < -0.4 is 0 Å². The normalized spacial score (nSPS) is 16.8. The van der Waals surface area contributed by atoms with Crippen molar-refractivity contribution in [2.75, 3.05) is 7.11 Å². The predicted molar refractivity (Wildman–Crippen MR) is 59.8 cm³/mol. The molecule has 3 nitrogen and oxygen atoms in total. The van der Waals surface area contributed by atoms with Crippen LogP contribution in [0.15, 0.2) is 30.3 Å². The van der Waals surface area contributed by atoms with Gasteiger partial charge in [0.05, 0.1) is 0 Å². The third kappa shape index (κ3) is 2.83. The van der Waals surface area contributed by atoms with E-state index in [0.717, 1.165) is 18.4 Å². The molecule has 0 spiro atoms. The summed E-state index contributed by atoms with van der Waals surface area (Å²) in [7, 11) is 1.56. The molecule has 1 aliphatic rings.